The summed E-state index contributed by atoms with van der Waals surface area (Å²) in [6, 6.07) is 0.881. The summed E-state index contributed by atoms with van der Waals surface area (Å²) in [7, 11) is 0. The summed E-state index contributed by atoms with van der Waals surface area (Å²) in [4.78, 5) is 2.70. The van der Waals surface area contributed by atoms with Crippen molar-refractivity contribution in [3.05, 3.63) is 0 Å². The molecule has 0 aromatic rings. The largest absolute Gasteiger partial charge is 0.313 e. The van der Waals surface area contributed by atoms with Gasteiger partial charge in [0.25, 0.3) is 0 Å². The third-order valence-corrected chi connectivity index (χ3v) is 4.85. The van der Waals surface area contributed by atoms with Crippen molar-refractivity contribution in [2.75, 3.05) is 26.2 Å². The van der Waals surface area contributed by atoms with Gasteiger partial charge in [-0.05, 0) is 36.6 Å². The molecule has 5 atom stereocenters. The summed E-state index contributed by atoms with van der Waals surface area (Å²) in [6.07, 6.45) is 1.46. The molecule has 0 aromatic heterocycles. The fourth-order valence-electron chi connectivity index (χ4n) is 3.55. The maximum atomic E-state index is 3.61. The van der Waals surface area contributed by atoms with Gasteiger partial charge in [-0.2, -0.15) is 0 Å². The molecule has 5 unspecified atom stereocenters. The molecule has 0 aromatic carbocycles. The van der Waals surface area contributed by atoms with Gasteiger partial charge in [-0.25, -0.2) is 0 Å². The highest BCUT2D eigenvalue weighted by molar-refractivity contribution is 5.03. The topological polar surface area (TPSA) is 15.3 Å². The van der Waals surface area contributed by atoms with Crippen molar-refractivity contribution in [1.82, 2.24) is 10.2 Å². The van der Waals surface area contributed by atoms with Gasteiger partial charge in [-0.1, -0.05) is 13.8 Å². The third kappa shape index (κ3) is 1.31. The molecule has 2 bridgehead atoms. The lowest BCUT2D eigenvalue weighted by Crippen LogP contribution is -2.44. The van der Waals surface area contributed by atoms with E-state index in [4.69, 9.17) is 0 Å². The van der Waals surface area contributed by atoms with E-state index in [1.54, 1.807) is 0 Å². The van der Waals surface area contributed by atoms with E-state index in [0.29, 0.717) is 0 Å². The molecule has 2 heteroatoms. The predicted octanol–water partition coefficient (Wildman–Crippen LogP) is 1.18. The SMILES string of the molecule is CC1CN(CC2C3CNC2C3)CC1C. The van der Waals surface area contributed by atoms with E-state index in [9.17, 15) is 0 Å². The molecule has 2 nitrogen and oxygen atoms in total. The summed E-state index contributed by atoms with van der Waals surface area (Å²) in [5, 5.41) is 3.61. The number of rotatable bonds is 2. The standard InChI is InChI=1S/C12H22N2/c1-8-5-14(6-9(8)2)7-11-10-3-12(11)13-4-10/h8-13H,3-7H2,1-2H3. The fraction of sp³-hybridized carbons (Fsp3) is 1.00. The van der Waals surface area contributed by atoms with Crippen LogP contribution in [0.5, 0.6) is 0 Å². The first kappa shape index (κ1) is 9.17. The lowest BCUT2D eigenvalue weighted by atomic mass is 9.74. The molecule has 0 spiro atoms. The van der Waals surface area contributed by atoms with Crippen molar-refractivity contribution in [1.29, 1.82) is 0 Å². The maximum Gasteiger partial charge on any atom is 0.0114 e. The Labute approximate surface area is 87.0 Å². The van der Waals surface area contributed by atoms with E-state index in [0.717, 1.165) is 29.7 Å². The number of nitrogens with one attached hydrogen (secondary N) is 1. The molecule has 3 saturated heterocycles. The number of nitrogens with zero attached hydrogens (tertiary/aromatic N) is 1. The molecular weight excluding hydrogens is 172 g/mol. The zero-order chi connectivity index (χ0) is 9.71. The minimum absolute atomic E-state index is 0.881. The van der Waals surface area contributed by atoms with Gasteiger partial charge in [-0.15, -0.1) is 0 Å². The van der Waals surface area contributed by atoms with Crippen LogP contribution in [0.1, 0.15) is 20.3 Å². The van der Waals surface area contributed by atoms with Crippen LogP contribution in [0, 0.1) is 23.7 Å². The van der Waals surface area contributed by atoms with Gasteiger partial charge in [-0.3, -0.25) is 0 Å². The normalized spacial score (nSPS) is 52.3. The second kappa shape index (κ2) is 3.21. The number of hydrogen-bond acceptors (Lipinski definition) is 2. The first-order valence-corrected chi connectivity index (χ1v) is 6.20. The van der Waals surface area contributed by atoms with Gasteiger partial charge in [0.15, 0.2) is 0 Å². The molecular formula is C12H22N2. The van der Waals surface area contributed by atoms with Crippen LogP contribution >= 0.6 is 0 Å². The van der Waals surface area contributed by atoms with Crippen LogP contribution in [0.15, 0.2) is 0 Å². The van der Waals surface area contributed by atoms with E-state index in [1.165, 1.54) is 32.6 Å². The maximum absolute atomic E-state index is 3.61. The summed E-state index contributed by atoms with van der Waals surface area (Å²) in [5.74, 6) is 3.85. The third-order valence-electron chi connectivity index (χ3n) is 4.85. The molecule has 3 heterocycles. The Hall–Kier alpha value is -0.0800. The van der Waals surface area contributed by atoms with Crippen LogP contribution in [-0.4, -0.2) is 37.1 Å². The van der Waals surface area contributed by atoms with Gasteiger partial charge in [0, 0.05) is 25.7 Å². The van der Waals surface area contributed by atoms with E-state index >= 15 is 0 Å². The molecule has 0 amide bonds. The summed E-state index contributed by atoms with van der Waals surface area (Å²) in [6.45, 7) is 10.2. The average molecular weight is 194 g/mol. The molecule has 4 fully saturated rings. The predicted molar refractivity (Wildman–Crippen MR) is 58.2 cm³/mol. The summed E-state index contributed by atoms with van der Waals surface area (Å²) < 4.78 is 0. The van der Waals surface area contributed by atoms with Gasteiger partial charge in [0.2, 0.25) is 0 Å². The smallest absolute Gasteiger partial charge is 0.0114 e. The molecule has 80 valence electrons. The highest BCUT2D eigenvalue weighted by Gasteiger charge is 2.47. The lowest BCUT2D eigenvalue weighted by molar-refractivity contribution is 0.145. The second-order valence-corrected chi connectivity index (χ2v) is 5.85. The quantitative estimate of drug-likeness (QED) is 0.710. The fourth-order valence-corrected chi connectivity index (χ4v) is 3.55. The molecule has 4 rings (SSSR count). The van der Waals surface area contributed by atoms with Gasteiger partial charge in [0.1, 0.15) is 0 Å². The molecule has 1 saturated carbocycles. The van der Waals surface area contributed by atoms with E-state index in [-0.39, 0.29) is 0 Å². The Bertz CT molecular complexity index is 204. The zero-order valence-electron chi connectivity index (χ0n) is 9.37. The molecule has 4 aliphatic rings. The van der Waals surface area contributed by atoms with Gasteiger partial charge < -0.3 is 10.2 Å². The zero-order valence-corrected chi connectivity index (χ0v) is 9.37. The minimum atomic E-state index is 0.881. The van der Waals surface area contributed by atoms with E-state index in [1.807, 2.05) is 0 Å². The van der Waals surface area contributed by atoms with Crippen molar-refractivity contribution < 1.29 is 0 Å². The van der Waals surface area contributed by atoms with Crippen molar-refractivity contribution in [2.24, 2.45) is 23.7 Å². The van der Waals surface area contributed by atoms with Crippen molar-refractivity contribution in [3.8, 4) is 0 Å². The Kier molecular flexibility index (Phi) is 2.10. The minimum Gasteiger partial charge on any atom is -0.313 e. The Morgan fingerprint density at radius 3 is 2.43 bits per heavy atom. The summed E-state index contributed by atoms with van der Waals surface area (Å²) in [5.41, 5.74) is 0. The number of fused-ring (bicyclic) bond motifs is 1. The first-order chi connectivity index (χ1) is 6.74. The monoisotopic (exact) mass is 194 g/mol. The molecule has 1 aliphatic carbocycles. The number of hydrogen-bond donors (Lipinski definition) is 1. The van der Waals surface area contributed by atoms with E-state index in [2.05, 4.69) is 24.1 Å². The molecule has 0 radical (unpaired) electrons. The van der Waals surface area contributed by atoms with Crippen LogP contribution in [0.3, 0.4) is 0 Å². The lowest BCUT2D eigenvalue weighted by Gasteiger charge is -2.37. The van der Waals surface area contributed by atoms with Crippen molar-refractivity contribution in [3.63, 3.8) is 0 Å². The van der Waals surface area contributed by atoms with Crippen LogP contribution in [0.2, 0.25) is 0 Å². The van der Waals surface area contributed by atoms with Crippen LogP contribution in [-0.2, 0) is 0 Å². The van der Waals surface area contributed by atoms with Crippen LogP contribution in [0.4, 0.5) is 0 Å². The molecule has 1 N–H and O–H groups in total. The van der Waals surface area contributed by atoms with Crippen molar-refractivity contribution in [2.45, 2.75) is 26.3 Å². The Balaban J connectivity index is 1.54. The van der Waals surface area contributed by atoms with Gasteiger partial charge >= 0.3 is 0 Å². The van der Waals surface area contributed by atoms with E-state index < -0.39 is 0 Å². The van der Waals surface area contributed by atoms with Crippen LogP contribution in [0.25, 0.3) is 0 Å². The number of likely N-dealkylation sites (tertiary alicyclic amines) is 1. The highest BCUT2D eigenvalue weighted by Crippen LogP contribution is 2.41. The molecule has 14 heavy (non-hydrogen) atoms. The Morgan fingerprint density at radius 1 is 1.21 bits per heavy atom. The average Bonchev–Trinajstić information content (AvgIpc) is 2.78. The molecule has 3 aliphatic heterocycles. The Morgan fingerprint density at radius 2 is 1.93 bits per heavy atom. The van der Waals surface area contributed by atoms with Crippen LogP contribution < -0.4 is 5.32 Å². The first-order valence-electron chi connectivity index (χ1n) is 6.20. The highest BCUT2D eigenvalue weighted by atomic mass is 15.2. The second-order valence-electron chi connectivity index (χ2n) is 5.85. The van der Waals surface area contributed by atoms with Gasteiger partial charge in [0.05, 0.1) is 0 Å². The van der Waals surface area contributed by atoms with Crippen molar-refractivity contribution >= 4 is 0 Å². The summed E-state index contributed by atoms with van der Waals surface area (Å²) >= 11 is 0.